The zero-order chi connectivity index (χ0) is 14.8. The van der Waals surface area contributed by atoms with Crippen LogP contribution in [0.15, 0.2) is 18.2 Å². The lowest BCUT2D eigenvalue weighted by Gasteiger charge is -2.22. The molecule has 19 heavy (non-hydrogen) atoms. The molecule has 0 atom stereocenters. The highest BCUT2D eigenvalue weighted by molar-refractivity contribution is 6.59. The Balaban J connectivity index is 3.50. The molecule has 9 heteroatoms. The Morgan fingerprint density at radius 1 is 1.37 bits per heavy atom. The Morgan fingerprint density at radius 3 is 2.37 bits per heavy atom. The lowest BCUT2D eigenvalue weighted by molar-refractivity contribution is -0.134. The normalized spacial score (nSPS) is 11.6. The average Bonchev–Trinajstić information content (AvgIpc) is 2.27. The fourth-order valence-electron chi connectivity index (χ4n) is 1.56. The van der Waals surface area contributed by atoms with Gasteiger partial charge < -0.3 is 15.4 Å². The van der Waals surface area contributed by atoms with Crippen molar-refractivity contribution < 1.29 is 32.4 Å². The molecule has 4 nitrogen and oxygen atoms in total. The molecule has 0 aliphatic rings. The number of nitrogens with one attached hydrogen (secondary N) is 1. The number of hydrogen-bond acceptors (Lipinski definition) is 3. The molecule has 104 valence electrons. The van der Waals surface area contributed by atoms with Crippen LogP contribution in [0, 0.1) is 0 Å². The molecule has 0 aliphatic heterocycles. The third-order valence-electron chi connectivity index (χ3n) is 2.29. The fraction of sp³-hybridized carbons (Fsp3) is 0.300. The van der Waals surface area contributed by atoms with Gasteiger partial charge in [-0.3, -0.25) is 4.79 Å². The van der Waals surface area contributed by atoms with Crippen LogP contribution in [0.3, 0.4) is 0 Å². The minimum atomic E-state index is -4.63. The monoisotopic (exact) mass is 279 g/mol. The SMILES string of the molecule is CC(=O)Nc1cccc(B(O)O)c1C(F)(F)C(F)F. The number of hydrogen-bond donors (Lipinski definition) is 3. The summed E-state index contributed by atoms with van der Waals surface area (Å²) in [4.78, 5) is 10.9. The maximum atomic E-state index is 13.5. The van der Waals surface area contributed by atoms with Crippen LogP contribution < -0.4 is 10.8 Å². The first-order chi connectivity index (χ1) is 8.67. The Morgan fingerprint density at radius 2 is 1.95 bits per heavy atom. The fourth-order valence-corrected chi connectivity index (χ4v) is 1.56. The van der Waals surface area contributed by atoms with Gasteiger partial charge in [-0.1, -0.05) is 12.1 Å². The lowest BCUT2D eigenvalue weighted by atomic mass is 9.75. The molecule has 1 rings (SSSR count). The summed E-state index contributed by atoms with van der Waals surface area (Å²) in [6, 6.07) is 2.96. The number of benzene rings is 1. The second-order valence-corrected chi connectivity index (χ2v) is 3.75. The Labute approximate surface area is 106 Å². The number of amides is 1. The number of alkyl halides is 4. The van der Waals surface area contributed by atoms with Gasteiger partial charge in [0.15, 0.2) is 0 Å². The average molecular weight is 279 g/mol. The molecule has 1 aromatic rings. The van der Waals surface area contributed by atoms with Crippen molar-refractivity contribution in [3.8, 4) is 0 Å². The van der Waals surface area contributed by atoms with Gasteiger partial charge in [0.25, 0.3) is 0 Å². The highest BCUT2D eigenvalue weighted by Gasteiger charge is 2.47. The predicted molar refractivity (Wildman–Crippen MR) is 60.5 cm³/mol. The van der Waals surface area contributed by atoms with Crippen molar-refractivity contribution in [2.45, 2.75) is 19.3 Å². The molecule has 0 radical (unpaired) electrons. The third-order valence-corrected chi connectivity index (χ3v) is 2.29. The Hall–Kier alpha value is -1.61. The first kappa shape index (κ1) is 15.5. The third kappa shape index (κ3) is 3.24. The molecule has 0 unspecified atom stereocenters. The van der Waals surface area contributed by atoms with Crippen LogP contribution in [0.25, 0.3) is 0 Å². The van der Waals surface area contributed by atoms with Crippen molar-refractivity contribution in [3.63, 3.8) is 0 Å². The summed E-state index contributed by atoms with van der Waals surface area (Å²) in [6.45, 7) is 1.01. The van der Waals surface area contributed by atoms with E-state index in [0.29, 0.717) is 0 Å². The van der Waals surface area contributed by atoms with Crippen molar-refractivity contribution in [2.24, 2.45) is 0 Å². The van der Waals surface area contributed by atoms with Crippen LogP contribution in [0.5, 0.6) is 0 Å². The van der Waals surface area contributed by atoms with Crippen LogP contribution in [-0.2, 0) is 10.7 Å². The van der Waals surface area contributed by atoms with Gasteiger partial charge in [0.05, 0.1) is 5.56 Å². The van der Waals surface area contributed by atoms with E-state index < -0.39 is 42.1 Å². The second kappa shape index (κ2) is 5.58. The van der Waals surface area contributed by atoms with E-state index in [1.165, 1.54) is 0 Å². The summed E-state index contributed by atoms with van der Waals surface area (Å²) in [7, 11) is -2.37. The highest BCUT2D eigenvalue weighted by Crippen LogP contribution is 2.37. The van der Waals surface area contributed by atoms with E-state index in [0.717, 1.165) is 25.1 Å². The molecule has 0 fully saturated rings. The molecule has 0 saturated heterocycles. The van der Waals surface area contributed by atoms with E-state index in [1.54, 1.807) is 0 Å². The molecule has 0 aliphatic carbocycles. The summed E-state index contributed by atoms with van der Waals surface area (Å²) in [5.41, 5.74) is -2.70. The van der Waals surface area contributed by atoms with Gasteiger partial charge in [-0.25, -0.2) is 8.78 Å². The summed E-state index contributed by atoms with van der Waals surface area (Å²) < 4.78 is 51.8. The smallest absolute Gasteiger partial charge is 0.423 e. The van der Waals surface area contributed by atoms with Crippen LogP contribution in [0.2, 0.25) is 0 Å². The molecular weight excluding hydrogens is 269 g/mol. The van der Waals surface area contributed by atoms with E-state index in [1.807, 2.05) is 5.32 Å². The van der Waals surface area contributed by atoms with Crippen LogP contribution >= 0.6 is 0 Å². The minimum Gasteiger partial charge on any atom is -0.423 e. The van der Waals surface area contributed by atoms with Gasteiger partial charge in [0.2, 0.25) is 5.91 Å². The zero-order valence-electron chi connectivity index (χ0n) is 9.70. The van der Waals surface area contributed by atoms with Crippen molar-refractivity contribution in [2.75, 3.05) is 5.32 Å². The highest BCUT2D eigenvalue weighted by atomic mass is 19.3. The molecular formula is C10H10BF4NO3. The largest absolute Gasteiger partial charge is 0.489 e. The second-order valence-electron chi connectivity index (χ2n) is 3.75. The Kier molecular flexibility index (Phi) is 4.54. The van der Waals surface area contributed by atoms with E-state index in [9.17, 15) is 22.4 Å². The maximum Gasteiger partial charge on any atom is 0.489 e. The summed E-state index contributed by atoms with van der Waals surface area (Å²) in [5, 5.41) is 19.9. The Bertz CT molecular complexity index is 482. The minimum absolute atomic E-state index is 0.594. The van der Waals surface area contributed by atoms with Crippen molar-refractivity contribution in [1.29, 1.82) is 0 Å². The zero-order valence-corrected chi connectivity index (χ0v) is 9.70. The van der Waals surface area contributed by atoms with Crippen molar-refractivity contribution >= 4 is 24.2 Å². The molecule has 0 saturated carbocycles. The predicted octanol–water partition coefficient (Wildman–Crippen LogP) is 0.682. The van der Waals surface area contributed by atoms with Gasteiger partial charge in [-0.2, -0.15) is 8.78 Å². The summed E-state index contributed by atoms with van der Waals surface area (Å²) in [5.74, 6) is -5.38. The van der Waals surface area contributed by atoms with Crippen molar-refractivity contribution in [1.82, 2.24) is 0 Å². The number of anilines is 1. The molecule has 0 spiro atoms. The van der Waals surface area contributed by atoms with Crippen LogP contribution in [-0.4, -0.2) is 29.5 Å². The van der Waals surface area contributed by atoms with Gasteiger partial charge in [-0.05, 0) is 11.5 Å². The molecule has 1 amide bonds. The number of halogens is 4. The number of rotatable bonds is 4. The van der Waals surface area contributed by atoms with E-state index in [2.05, 4.69) is 0 Å². The van der Waals surface area contributed by atoms with Crippen LogP contribution in [0.1, 0.15) is 12.5 Å². The van der Waals surface area contributed by atoms with Gasteiger partial charge >= 0.3 is 19.5 Å². The molecule has 1 aromatic carbocycles. The lowest BCUT2D eigenvalue weighted by Crippen LogP contribution is -2.40. The van der Waals surface area contributed by atoms with Crippen molar-refractivity contribution in [3.05, 3.63) is 23.8 Å². The van der Waals surface area contributed by atoms with E-state index in [-0.39, 0.29) is 0 Å². The summed E-state index contributed by atoms with van der Waals surface area (Å²) in [6.07, 6.45) is -4.06. The standard InChI is InChI=1S/C10H10BF4NO3/c1-5(17)16-7-4-2-3-6(11(18)19)8(7)10(14,15)9(12)13/h2-4,9,18-19H,1H3,(H,16,17). The summed E-state index contributed by atoms with van der Waals surface area (Å²) >= 11 is 0. The molecule has 3 N–H and O–H groups in total. The number of carbonyl (C=O) groups excluding carboxylic acids is 1. The van der Waals surface area contributed by atoms with Gasteiger partial charge in [-0.15, -0.1) is 0 Å². The van der Waals surface area contributed by atoms with Gasteiger partial charge in [0, 0.05) is 12.6 Å². The quantitative estimate of drug-likeness (QED) is 0.560. The maximum absolute atomic E-state index is 13.5. The number of carbonyl (C=O) groups is 1. The molecule has 0 aromatic heterocycles. The van der Waals surface area contributed by atoms with Crippen LogP contribution in [0.4, 0.5) is 23.2 Å². The first-order valence-electron chi connectivity index (χ1n) is 5.11. The van der Waals surface area contributed by atoms with E-state index >= 15 is 0 Å². The first-order valence-corrected chi connectivity index (χ1v) is 5.11. The molecule has 0 bridgehead atoms. The topological polar surface area (TPSA) is 69.6 Å². The van der Waals surface area contributed by atoms with E-state index in [4.69, 9.17) is 10.0 Å². The molecule has 0 heterocycles. The van der Waals surface area contributed by atoms with Gasteiger partial charge in [0.1, 0.15) is 0 Å².